The molecule has 0 aliphatic rings. The molecule has 1 heterocycles. The molecule has 0 spiro atoms. The Morgan fingerprint density at radius 1 is 1.06 bits per heavy atom. The average molecular weight is 474 g/mol. The van der Waals surface area contributed by atoms with Gasteiger partial charge in [-0.2, -0.15) is 0 Å². The molecule has 0 saturated heterocycles. The average Bonchev–Trinajstić information content (AvgIpc) is 3.16. The molecule has 10 heteroatoms. The zero-order valence-corrected chi connectivity index (χ0v) is 19.5. The molecule has 168 valence electrons. The Morgan fingerprint density at radius 2 is 1.69 bits per heavy atom. The summed E-state index contributed by atoms with van der Waals surface area (Å²) in [5.41, 5.74) is 2.18. The highest BCUT2D eigenvalue weighted by molar-refractivity contribution is 8.00. The molecule has 3 rings (SSSR count). The van der Waals surface area contributed by atoms with Crippen molar-refractivity contribution >= 4 is 46.6 Å². The largest absolute Gasteiger partial charge is 0.383 e. The fourth-order valence-electron chi connectivity index (χ4n) is 2.87. The van der Waals surface area contributed by atoms with Gasteiger partial charge in [0.25, 0.3) is 0 Å². The highest BCUT2D eigenvalue weighted by Crippen LogP contribution is 2.28. The van der Waals surface area contributed by atoms with Gasteiger partial charge in [-0.1, -0.05) is 23.4 Å². The fraction of sp³-hybridized carbons (Fsp3) is 0.273. The number of halogens is 1. The third-order valence-corrected chi connectivity index (χ3v) is 5.79. The maximum absolute atomic E-state index is 12.7. The minimum absolute atomic E-state index is 0.151. The van der Waals surface area contributed by atoms with E-state index in [-0.39, 0.29) is 11.8 Å². The number of carbonyl (C=O) groups excluding carboxylic acids is 2. The van der Waals surface area contributed by atoms with E-state index in [1.807, 2.05) is 23.6 Å². The Balaban J connectivity index is 1.71. The molecular formula is C22H24ClN5O3S. The smallest absolute Gasteiger partial charge is 0.237 e. The Hall–Kier alpha value is -2.88. The second-order valence-electron chi connectivity index (χ2n) is 6.97. The summed E-state index contributed by atoms with van der Waals surface area (Å²) in [5, 5.41) is 15.0. The van der Waals surface area contributed by atoms with Crippen LogP contribution in [0.25, 0.3) is 11.4 Å². The molecule has 0 saturated carbocycles. The zero-order valence-electron chi connectivity index (χ0n) is 18.0. The first-order valence-electron chi connectivity index (χ1n) is 9.90. The van der Waals surface area contributed by atoms with Crippen LogP contribution in [0.4, 0.5) is 11.4 Å². The molecule has 8 nitrogen and oxygen atoms in total. The molecular weight excluding hydrogens is 450 g/mol. The van der Waals surface area contributed by atoms with Gasteiger partial charge in [-0.05, 0) is 55.5 Å². The Labute approximate surface area is 195 Å². The van der Waals surface area contributed by atoms with Crippen molar-refractivity contribution in [2.45, 2.75) is 30.8 Å². The van der Waals surface area contributed by atoms with E-state index in [0.29, 0.717) is 40.5 Å². The van der Waals surface area contributed by atoms with Gasteiger partial charge in [-0.15, -0.1) is 10.2 Å². The van der Waals surface area contributed by atoms with E-state index >= 15 is 0 Å². The van der Waals surface area contributed by atoms with E-state index in [9.17, 15) is 9.59 Å². The van der Waals surface area contributed by atoms with Gasteiger partial charge in [0.1, 0.15) is 0 Å². The highest BCUT2D eigenvalue weighted by atomic mass is 35.5. The van der Waals surface area contributed by atoms with E-state index in [2.05, 4.69) is 20.8 Å². The first-order chi connectivity index (χ1) is 15.4. The number of nitrogens with zero attached hydrogens (tertiary/aromatic N) is 3. The molecule has 0 unspecified atom stereocenters. The number of amides is 2. The van der Waals surface area contributed by atoms with Crippen molar-refractivity contribution in [2.24, 2.45) is 0 Å². The summed E-state index contributed by atoms with van der Waals surface area (Å²) in [7, 11) is 1.63. The number of methoxy groups -OCH3 is 1. The van der Waals surface area contributed by atoms with Crippen LogP contribution in [0.15, 0.2) is 53.7 Å². The van der Waals surface area contributed by atoms with E-state index in [4.69, 9.17) is 16.3 Å². The van der Waals surface area contributed by atoms with Crippen molar-refractivity contribution in [3.8, 4) is 11.4 Å². The molecule has 0 aliphatic carbocycles. The summed E-state index contributed by atoms with van der Waals surface area (Å²) in [6.07, 6.45) is 0. The molecule has 0 radical (unpaired) electrons. The summed E-state index contributed by atoms with van der Waals surface area (Å²) in [4.78, 5) is 23.8. The van der Waals surface area contributed by atoms with Crippen LogP contribution in [0, 0.1) is 0 Å². The van der Waals surface area contributed by atoms with Gasteiger partial charge in [0.15, 0.2) is 11.0 Å². The number of hydrogen-bond donors (Lipinski definition) is 2. The molecule has 0 aliphatic heterocycles. The van der Waals surface area contributed by atoms with Crippen LogP contribution in [0.1, 0.15) is 13.8 Å². The molecule has 3 aromatic rings. The quantitative estimate of drug-likeness (QED) is 0.449. The maximum atomic E-state index is 12.7. The number of benzene rings is 2. The van der Waals surface area contributed by atoms with Crippen molar-refractivity contribution in [2.75, 3.05) is 24.4 Å². The minimum atomic E-state index is -0.423. The summed E-state index contributed by atoms with van der Waals surface area (Å²) in [5.74, 6) is 0.362. The lowest BCUT2D eigenvalue weighted by Gasteiger charge is -2.14. The molecule has 2 amide bonds. The number of hydrogen-bond acceptors (Lipinski definition) is 6. The molecule has 2 N–H and O–H groups in total. The highest BCUT2D eigenvalue weighted by Gasteiger charge is 2.21. The van der Waals surface area contributed by atoms with Gasteiger partial charge in [0, 0.05) is 36.0 Å². The molecule has 32 heavy (non-hydrogen) atoms. The summed E-state index contributed by atoms with van der Waals surface area (Å²) in [6.45, 7) is 4.28. The number of thioether (sulfide) groups is 1. The number of ether oxygens (including phenoxy) is 1. The van der Waals surface area contributed by atoms with Crippen LogP contribution in [-0.2, 0) is 20.9 Å². The zero-order chi connectivity index (χ0) is 23.1. The van der Waals surface area contributed by atoms with E-state index < -0.39 is 5.25 Å². The van der Waals surface area contributed by atoms with Gasteiger partial charge >= 0.3 is 0 Å². The van der Waals surface area contributed by atoms with E-state index in [1.165, 1.54) is 18.7 Å². The van der Waals surface area contributed by atoms with Crippen molar-refractivity contribution in [1.82, 2.24) is 14.8 Å². The van der Waals surface area contributed by atoms with Crippen LogP contribution in [0.2, 0.25) is 5.02 Å². The van der Waals surface area contributed by atoms with E-state index in [0.717, 1.165) is 5.56 Å². The number of anilines is 2. The predicted molar refractivity (Wildman–Crippen MR) is 127 cm³/mol. The topological polar surface area (TPSA) is 98.1 Å². The van der Waals surface area contributed by atoms with Crippen LogP contribution >= 0.6 is 23.4 Å². The SMILES string of the molecule is COCCn1c(S[C@H](C)C(=O)Nc2ccc(NC(C)=O)cc2)nnc1-c1ccc(Cl)cc1. The standard InChI is InChI=1S/C22H24ClN5O3S/c1-14(21(30)25-19-10-8-18(9-11-19)24-15(2)29)32-22-27-26-20(28(22)12-13-31-3)16-4-6-17(23)7-5-16/h4-11,14H,12-13H2,1-3H3,(H,24,29)(H,25,30)/t14-/m1/s1. The van der Waals surface area contributed by atoms with Crippen LogP contribution in [0.5, 0.6) is 0 Å². The Morgan fingerprint density at radius 3 is 2.28 bits per heavy atom. The summed E-state index contributed by atoms with van der Waals surface area (Å²) >= 11 is 7.32. The molecule has 1 aromatic heterocycles. The first-order valence-corrected chi connectivity index (χ1v) is 11.2. The van der Waals surface area contributed by atoms with Crippen LogP contribution in [0.3, 0.4) is 0 Å². The lowest BCUT2D eigenvalue weighted by molar-refractivity contribution is -0.115. The number of carbonyl (C=O) groups is 2. The maximum Gasteiger partial charge on any atom is 0.237 e. The molecule has 1 atom stereocenters. The third-order valence-electron chi connectivity index (χ3n) is 4.46. The number of rotatable bonds is 9. The number of aromatic nitrogens is 3. The van der Waals surface area contributed by atoms with Gasteiger partial charge in [-0.25, -0.2) is 0 Å². The van der Waals surface area contributed by atoms with Gasteiger partial charge in [-0.3, -0.25) is 14.2 Å². The van der Waals surface area contributed by atoms with Crippen molar-refractivity contribution in [3.63, 3.8) is 0 Å². The summed E-state index contributed by atoms with van der Waals surface area (Å²) < 4.78 is 7.17. The monoisotopic (exact) mass is 473 g/mol. The lowest BCUT2D eigenvalue weighted by atomic mass is 10.2. The second kappa shape index (κ2) is 11.1. The van der Waals surface area contributed by atoms with Crippen LogP contribution in [-0.4, -0.2) is 45.5 Å². The van der Waals surface area contributed by atoms with Crippen molar-refractivity contribution < 1.29 is 14.3 Å². The van der Waals surface area contributed by atoms with Gasteiger partial charge < -0.3 is 15.4 Å². The van der Waals surface area contributed by atoms with Gasteiger partial charge in [0.05, 0.1) is 18.4 Å². The third kappa shape index (κ3) is 6.32. The van der Waals surface area contributed by atoms with Crippen LogP contribution < -0.4 is 10.6 Å². The summed E-state index contributed by atoms with van der Waals surface area (Å²) in [6, 6.07) is 14.3. The normalized spacial score (nSPS) is 11.8. The fourth-order valence-corrected chi connectivity index (χ4v) is 3.87. The van der Waals surface area contributed by atoms with Crippen molar-refractivity contribution in [3.05, 3.63) is 53.6 Å². The number of nitrogens with one attached hydrogen (secondary N) is 2. The molecule has 0 bridgehead atoms. The lowest BCUT2D eigenvalue weighted by Crippen LogP contribution is -2.23. The predicted octanol–water partition coefficient (Wildman–Crippen LogP) is 4.32. The van der Waals surface area contributed by atoms with E-state index in [1.54, 1.807) is 43.5 Å². The Kier molecular flexibility index (Phi) is 8.26. The first kappa shape index (κ1) is 23.8. The van der Waals surface area contributed by atoms with Gasteiger partial charge in [0.2, 0.25) is 11.8 Å². The second-order valence-corrected chi connectivity index (χ2v) is 8.71. The molecule has 2 aromatic carbocycles. The minimum Gasteiger partial charge on any atom is -0.383 e. The Bertz CT molecular complexity index is 1070. The molecule has 0 fully saturated rings. The van der Waals surface area contributed by atoms with Crippen molar-refractivity contribution in [1.29, 1.82) is 0 Å².